The molecular weight excluding hydrogens is 541 g/mol. The van der Waals surface area contributed by atoms with E-state index in [0.717, 1.165) is 28.3 Å². The van der Waals surface area contributed by atoms with Crippen molar-refractivity contribution in [2.45, 2.75) is 32.9 Å². The van der Waals surface area contributed by atoms with E-state index < -0.39 is 34.3 Å². The van der Waals surface area contributed by atoms with Crippen LogP contribution in [0.3, 0.4) is 0 Å². The van der Waals surface area contributed by atoms with Crippen molar-refractivity contribution < 1.29 is 22.4 Å². The van der Waals surface area contributed by atoms with Crippen LogP contribution in [0.15, 0.2) is 78.9 Å². The van der Waals surface area contributed by atoms with Gasteiger partial charge in [-0.05, 0) is 53.4 Å². The molecule has 3 rings (SSSR count). The van der Waals surface area contributed by atoms with E-state index in [1.807, 2.05) is 44.2 Å². The summed E-state index contributed by atoms with van der Waals surface area (Å²) in [6, 6.07) is 20.1. The monoisotopic (exact) mass is 573 g/mol. The smallest absolute Gasteiger partial charge is 0.244 e. The molecule has 0 fully saturated rings. The quantitative estimate of drug-likeness (QED) is 0.341. The number of halogens is 2. The Bertz CT molecular complexity index is 1370. The number of sulfonamides is 1. The van der Waals surface area contributed by atoms with Crippen molar-refractivity contribution in [1.82, 2.24) is 10.2 Å². The number of benzene rings is 3. The van der Waals surface area contributed by atoms with Crippen LogP contribution >= 0.6 is 11.6 Å². The van der Waals surface area contributed by atoms with E-state index in [9.17, 15) is 22.4 Å². The van der Waals surface area contributed by atoms with E-state index in [0.29, 0.717) is 17.1 Å². The molecule has 39 heavy (non-hydrogen) atoms. The Morgan fingerprint density at radius 2 is 1.59 bits per heavy atom. The Balaban J connectivity index is 2.04. The fourth-order valence-electron chi connectivity index (χ4n) is 4.03. The number of anilines is 1. The SMILES string of the molecule is CC(C)CNC(=O)C(Cc1ccccc1)N(Cc1cccc(Cl)c1)C(=O)CN(c1ccc(F)cc1)S(C)(=O)=O. The Kier molecular flexibility index (Phi) is 10.5. The van der Waals surface area contributed by atoms with E-state index in [4.69, 9.17) is 11.6 Å². The van der Waals surface area contributed by atoms with Gasteiger partial charge < -0.3 is 10.2 Å². The lowest BCUT2D eigenvalue weighted by Crippen LogP contribution is -2.53. The molecule has 1 atom stereocenters. The molecule has 0 aromatic heterocycles. The molecule has 208 valence electrons. The highest BCUT2D eigenvalue weighted by Crippen LogP contribution is 2.21. The Labute approximate surface area is 234 Å². The van der Waals surface area contributed by atoms with Crippen LogP contribution in [0.2, 0.25) is 5.02 Å². The van der Waals surface area contributed by atoms with Crippen LogP contribution in [0.1, 0.15) is 25.0 Å². The minimum atomic E-state index is -3.92. The average molecular weight is 574 g/mol. The molecule has 0 aliphatic rings. The third-order valence-electron chi connectivity index (χ3n) is 5.99. The molecule has 3 aromatic carbocycles. The van der Waals surface area contributed by atoms with Crippen LogP contribution in [0.5, 0.6) is 0 Å². The molecule has 0 radical (unpaired) electrons. The van der Waals surface area contributed by atoms with Gasteiger partial charge in [-0.15, -0.1) is 0 Å². The Hall–Kier alpha value is -3.43. The summed E-state index contributed by atoms with van der Waals surface area (Å²) in [5, 5.41) is 3.39. The maximum atomic E-state index is 13.9. The zero-order chi connectivity index (χ0) is 28.6. The fourth-order valence-corrected chi connectivity index (χ4v) is 5.09. The van der Waals surface area contributed by atoms with Crippen LogP contribution in [0, 0.1) is 11.7 Å². The van der Waals surface area contributed by atoms with Crippen molar-refractivity contribution in [3.8, 4) is 0 Å². The van der Waals surface area contributed by atoms with Gasteiger partial charge in [-0.25, -0.2) is 12.8 Å². The van der Waals surface area contributed by atoms with Gasteiger partial charge in [0.2, 0.25) is 21.8 Å². The molecule has 2 amide bonds. The van der Waals surface area contributed by atoms with Gasteiger partial charge in [0.25, 0.3) is 0 Å². The van der Waals surface area contributed by atoms with E-state index in [1.165, 1.54) is 17.0 Å². The number of nitrogens with one attached hydrogen (secondary N) is 1. The van der Waals surface area contributed by atoms with Crippen molar-refractivity contribution in [3.05, 3.63) is 101 Å². The van der Waals surface area contributed by atoms with Crippen LogP contribution in [-0.2, 0) is 32.6 Å². The second kappa shape index (κ2) is 13.6. The number of hydrogen-bond donors (Lipinski definition) is 1. The number of rotatable bonds is 12. The van der Waals surface area contributed by atoms with Crippen LogP contribution in [0.4, 0.5) is 10.1 Å². The van der Waals surface area contributed by atoms with Crippen molar-refractivity contribution >= 4 is 39.1 Å². The average Bonchev–Trinajstić information content (AvgIpc) is 2.88. The highest BCUT2D eigenvalue weighted by Gasteiger charge is 2.33. The first-order chi connectivity index (χ1) is 18.4. The van der Waals surface area contributed by atoms with E-state index in [1.54, 1.807) is 24.3 Å². The molecule has 1 unspecified atom stereocenters. The van der Waals surface area contributed by atoms with Gasteiger partial charge in [-0.1, -0.05) is 67.9 Å². The minimum absolute atomic E-state index is 0.0208. The standard InChI is InChI=1S/C29H33ClFN3O4S/c1-21(2)18-32-29(36)27(17-22-8-5-4-6-9-22)33(19-23-10-7-11-24(30)16-23)28(35)20-34(39(3,37)38)26-14-12-25(31)13-15-26/h4-16,21,27H,17-20H2,1-3H3,(H,32,36). The largest absolute Gasteiger partial charge is 0.354 e. The summed E-state index contributed by atoms with van der Waals surface area (Å²) in [6.07, 6.45) is 1.19. The molecule has 0 spiro atoms. The van der Waals surface area contributed by atoms with E-state index >= 15 is 0 Å². The summed E-state index contributed by atoms with van der Waals surface area (Å²) >= 11 is 6.20. The number of amides is 2. The summed E-state index contributed by atoms with van der Waals surface area (Å²) in [5.41, 5.74) is 1.65. The number of carbonyl (C=O) groups is 2. The van der Waals surface area contributed by atoms with E-state index in [2.05, 4.69) is 5.32 Å². The molecule has 1 N–H and O–H groups in total. The lowest BCUT2D eigenvalue weighted by Gasteiger charge is -2.33. The lowest BCUT2D eigenvalue weighted by atomic mass is 10.0. The van der Waals surface area contributed by atoms with Crippen LogP contribution in [-0.4, -0.2) is 50.5 Å². The van der Waals surface area contributed by atoms with Crippen molar-refractivity contribution in [2.75, 3.05) is 23.7 Å². The lowest BCUT2D eigenvalue weighted by molar-refractivity contribution is -0.140. The van der Waals surface area contributed by atoms with Gasteiger partial charge in [0, 0.05) is 24.5 Å². The normalized spacial score (nSPS) is 12.2. The number of nitrogens with zero attached hydrogens (tertiary/aromatic N) is 2. The first-order valence-corrected chi connectivity index (χ1v) is 14.8. The summed E-state index contributed by atoms with van der Waals surface area (Å²) in [7, 11) is -3.92. The number of hydrogen-bond acceptors (Lipinski definition) is 4. The maximum Gasteiger partial charge on any atom is 0.244 e. The third kappa shape index (κ3) is 9.07. The molecule has 3 aromatic rings. The zero-order valence-electron chi connectivity index (χ0n) is 22.2. The van der Waals surface area contributed by atoms with Crippen LogP contribution < -0.4 is 9.62 Å². The molecule has 0 saturated carbocycles. The molecule has 0 aliphatic heterocycles. The second-order valence-corrected chi connectivity index (χ2v) is 12.1. The van der Waals surface area contributed by atoms with Gasteiger partial charge in [0.05, 0.1) is 11.9 Å². The van der Waals surface area contributed by atoms with Crippen LogP contribution in [0.25, 0.3) is 0 Å². The maximum absolute atomic E-state index is 13.9. The summed E-state index contributed by atoms with van der Waals surface area (Å²) in [5.74, 6) is -1.30. The molecule has 0 aliphatic carbocycles. The molecule has 7 nitrogen and oxygen atoms in total. The zero-order valence-corrected chi connectivity index (χ0v) is 23.8. The first kappa shape index (κ1) is 30.1. The Morgan fingerprint density at radius 3 is 2.18 bits per heavy atom. The summed E-state index contributed by atoms with van der Waals surface area (Å²) in [6.45, 7) is 3.79. The van der Waals surface area contributed by atoms with E-state index in [-0.39, 0.29) is 30.5 Å². The van der Waals surface area contributed by atoms with Gasteiger partial charge in [-0.3, -0.25) is 13.9 Å². The topological polar surface area (TPSA) is 86.8 Å². The minimum Gasteiger partial charge on any atom is -0.354 e. The predicted molar refractivity (Wildman–Crippen MR) is 152 cm³/mol. The van der Waals surface area contributed by atoms with Crippen molar-refractivity contribution in [1.29, 1.82) is 0 Å². The molecule has 0 heterocycles. The van der Waals surface area contributed by atoms with Gasteiger partial charge in [-0.2, -0.15) is 0 Å². The van der Waals surface area contributed by atoms with Gasteiger partial charge in [0.1, 0.15) is 18.4 Å². The molecular formula is C29H33ClFN3O4S. The van der Waals surface area contributed by atoms with Gasteiger partial charge in [0.15, 0.2) is 0 Å². The summed E-state index contributed by atoms with van der Waals surface area (Å²) < 4.78 is 39.9. The number of carbonyl (C=O) groups excluding carboxylic acids is 2. The third-order valence-corrected chi connectivity index (χ3v) is 7.37. The highest BCUT2D eigenvalue weighted by molar-refractivity contribution is 7.92. The molecule has 10 heteroatoms. The molecule has 0 saturated heterocycles. The second-order valence-electron chi connectivity index (χ2n) is 9.74. The Morgan fingerprint density at radius 1 is 0.949 bits per heavy atom. The fraction of sp³-hybridized carbons (Fsp3) is 0.310. The van der Waals surface area contributed by atoms with Crippen molar-refractivity contribution in [2.24, 2.45) is 5.92 Å². The first-order valence-electron chi connectivity index (χ1n) is 12.5. The van der Waals surface area contributed by atoms with Gasteiger partial charge >= 0.3 is 0 Å². The van der Waals surface area contributed by atoms with Crippen molar-refractivity contribution in [3.63, 3.8) is 0 Å². The summed E-state index contributed by atoms with van der Waals surface area (Å²) in [4.78, 5) is 28.9. The molecule has 0 bridgehead atoms. The predicted octanol–water partition coefficient (Wildman–Crippen LogP) is 4.66. The highest BCUT2D eigenvalue weighted by atomic mass is 35.5.